The van der Waals surface area contributed by atoms with Gasteiger partial charge in [0, 0.05) is 26.2 Å². The van der Waals surface area contributed by atoms with Crippen molar-refractivity contribution in [2.45, 2.75) is 43.8 Å². The Morgan fingerprint density at radius 3 is 2.63 bits per heavy atom. The summed E-state index contributed by atoms with van der Waals surface area (Å²) >= 11 is 0. The van der Waals surface area contributed by atoms with Crippen LogP contribution in [-0.4, -0.2) is 56.3 Å². The molecule has 1 aliphatic rings. The van der Waals surface area contributed by atoms with Crippen LogP contribution in [0.1, 0.15) is 41.0 Å². The van der Waals surface area contributed by atoms with E-state index in [1.807, 2.05) is 6.07 Å². The minimum atomic E-state index is -1.08. The Balaban J connectivity index is 1.74. The number of hydrogen-bond donors (Lipinski definition) is 3. The number of piperidine rings is 1. The summed E-state index contributed by atoms with van der Waals surface area (Å²) in [4.78, 5) is 0. The van der Waals surface area contributed by atoms with Gasteiger partial charge in [-0.05, 0) is 78.2 Å². The number of rotatable bonds is 11. The molecule has 5 nitrogen and oxygen atoms in total. The molecule has 3 aromatic carbocycles. The van der Waals surface area contributed by atoms with Crippen molar-refractivity contribution in [3.63, 3.8) is 0 Å². The van der Waals surface area contributed by atoms with Gasteiger partial charge < -0.3 is 25.0 Å². The van der Waals surface area contributed by atoms with Crippen LogP contribution in [0.25, 0.3) is 11.1 Å². The summed E-state index contributed by atoms with van der Waals surface area (Å²) in [5.41, 5.74) is 5.13. The van der Waals surface area contributed by atoms with Crippen LogP contribution >= 0.6 is 0 Å². The van der Waals surface area contributed by atoms with E-state index in [9.17, 15) is 19.0 Å². The second-order valence-corrected chi connectivity index (χ2v) is 10.00. The number of methoxy groups -OCH3 is 1. The monoisotopic (exact) mass is 525 g/mol. The lowest BCUT2D eigenvalue weighted by Crippen LogP contribution is -2.49. The number of aryl methyl sites for hydroxylation is 2. The first kappa shape index (κ1) is 28.3. The SMILES string of the molecule is COCCCc1ccccc1-c1ccc([C@H]2CNCC[C@]2(OCC(O)CO)c2ccc(F)c(F)c2)c(C)c1. The highest BCUT2D eigenvalue weighted by atomic mass is 19.2. The quantitative estimate of drug-likeness (QED) is 0.312. The van der Waals surface area contributed by atoms with Gasteiger partial charge in [-0.3, -0.25) is 0 Å². The van der Waals surface area contributed by atoms with Gasteiger partial charge in [0.15, 0.2) is 11.6 Å². The maximum absolute atomic E-state index is 14.4. The molecule has 38 heavy (non-hydrogen) atoms. The van der Waals surface area contributed by atoms with E-state index in [0.717, 1.165) is 35.6 Å². The maximum Gasteiger partial charge on any atom is 0.159 e. The third-order valence-corrected chi connectivity index (χ3v) is 7.50. The smallest absolute Gasteiger partial charge is 0.159 e. The van der Waals surface area contributed by atoms with Crippen LogP contribution < -0.4 is 5.32 Å². The average Bonchev–Trinajstić information content (AvgIpc) is 2.94. The molecule has 1 heterocycles. The highest BCUT2D eigenvalue weighted by Gasteiger charge is 2.45. The van der Waals surface area contributed by atoms with Gasteiger partial charge in [0.05, 0.1) is 13.2 Å². The summed E-state index contributed by atoms with van der Waals surface area (Å²) in [6.45, 7) is 3.35. The summed E-state index contributed by atoms with van der Waals surface area (Å²) in [6.07, 6.45) is 1.26. The van der Waals surface area contributed by atoms with Gasteiger partial charge in [-0.15, -0.1) is 0 Å². The molecule has 0 aromatic heterocycles. The Bertz CT molecular complexity index is 1220. The normalized spacial score (nSPS) is 20.4. The summed E-state index contributed by atoms with van der Waals surface area (Å²) < 4.78 is 39.9. The van der Waals surface area contributed by atoms with Crippen LogP contribution in [0.15, 0.2) is 60.7 Å². The van der Waals surface area contributed by atoms with Gasteiger partial charge in [-0.25, -0.2) is 8.78 Å². The molecular formula is C31H37F2NO4. The number of aliphatic hydroxyl groups excluding tert-OH is 2. The van der Waals surface area contributed by atoms with Crippen LogP contribution in [-0.2, 0) is 21.5 Å². The zero-order valence-electron chi connectivity index (χ0n) is 22.1. The Kier molecular flexibility index (Phi) is 9.63. The number of hydrogen-bond acceptors (Lipinski definition) is 5. The van der Waals surface area contributed by atoms with E-state index in [2.05, 4.69) is 48.6 Å². The van der Waals surface area contributed by atoms with Crippen molar-refractivity contribution < 1.29 is 28.5 Å². The van der Waals surface area contributed by atoms with Crippen molar-refractivity contribution in [1.82, 2.24) is 5.32 Å². The van der Waals surface area contributed by atoms with E-state index in [1.54, 1.807) is 13.2 Å². The van der Waals surface area contributed by atoms with Gasteiger partial charge in [-0.2, -0.15) is 0 Å². The van der Waals surface area contributed by atoms with Gasteiger partial charge in [0.2, 0.25) is 0 Å². The highest BCUT2D eigenvalue weighted by Crippen LogP contribution is 2.46. The van der Waals surface area contributed by atoms with Crippen LogP contribution in [0.3, 0.4) is 0 Å². The summed E-state index contributed by atoms with van der Waals surface area (Å²) in [5.74, 6) is -2.10. The van der Waals surface area contributed by atoms with Crippen LogP contribution in [0.5, 0.6) is 0 Å². The van der Waals surface area contributed by atoms with Crippen molar-refractivity contribution in [2.75, 3.05) is 40.0 Å². The molecule has 0 radical (unpaired) electrons. The fraction of sp³-hybridized carbons (Fsp3) is 0.419. The standard InChI is InChI=1S/C31H37F2NO4/c1-21-16-23(27-8-4-3-6-22(27)7-5-15-37-2)9-11-26(21)28-18-34-14-13-31(28,38-20-25(36)19-35)24-10-12-29(32)30(33)17-24/h3-4,6,8-12,16-17,25,28,34-36H,5,7,13-15,18-20H2,1-2H3/t25?,28-,31+/m1/s1. The summed E-state index contributed by atoms with van der Waals surface area (Å²) in [7, 11) is 1.71. The molecule has 3 atom stereocenters. The van der Waals surface area contributed by atoms with Crippen molar-refractivity contribution in [3.05, 3.63) is 94.6 Å². The van der Waals surface area contributed by atoms with E-state index in [-0.39, 0.29) is 12.5 Å². The molecule has 1 fully saturated rings. The Hall–Kier alpha value is -2.68. The van der Waals surface area contributed by atoms with Crippen molar-refractivity contribution in [3.8, 4) is 11.1 Å². The fourth-order valence-corrected chi connectivity index (χ4v) is 5.54. The van der Waals surface area contributed by atoms with Crippen LogP contribution in [0, 0.1) is 18.6 Å². The topological polar surface area (TPSA) is 71.0 Å². The lowest BCUT2D eigenvalue weighted by molar-refractivity contribution is -0.119. The molecule has 204 valence electrons. The second-order valence-electron chi connectivity index (χ2n) is 10.00. The first-order chi connectivity index (χ1) is 18.4. The molecule has 0 saturated carbocycles. The van der Waals surface area contributed by atoms with Crippen LogP contribution in [0.2, 0.25) is 0 Å². The average molecular weight is 526 g/mol. The Morgan fingerprint density at radius 1 is 1.08 bits per heavy atom. The van der Waals surface area contributed by atoms with Gasteiger partial charge >= 0.3 is 0 Å². The number of ether oxygens (including phenoxy) is 2. The minimum Gasteiger partial charge on any atom is -0.394 e. The van der Waals surface area contributed by atoms with E-state index < -0.39 is 29.9 Å². The molecule has 0 aliphatic carbocycles. The Labute approximate surface area is 223 Å². The number of nitrogens with one attached hydrogen (secondary N) is 1. The van der Waals surface area contributed by atoms with E-state index >= 15 is 0 Å². The zero-order valence-corrected chi connectivity index (χ0v) is 22.1. The number of halogens is 2. The molecule has 3 N–H and O–H groups in total. The molecule has 1 aliphatic heterocycles. The van der Waals surface area contributed by atoms with Crippen molar-refractivity contribution in [2.24, 2.45) is 0 Å². The van der Waals surface area contributed by atoms with Crippen LogP contribution in [0.4, 0.5) is 8.78 Å². The summed E-state index contributed by atoms with van der Waals surface area (Å²) in [6, 6.07) is 18.6. The largest absolute Gasteiger partial charge is 0.394 e. The number of benzene rings is 3. The van der Waals surface area contributed by atoms with E-state index in [0.29, 0.717) is 31.7 Å². The molecule has 3 aromatic rings. The zero-order chi connectivity index (χ0) is 27.1. The van der Waals surface area contributed by atoms with E-state index in [4.69, 9.17) is 9.47 Å². The minimum absolute atomic E-state index is 0.127. The lowest BCUT2D eigenvalue weighted by Gasteiger charge is -2.46. The molecule has 0 spiro atoms. The third kappa shape index (κ3) is 6.14. The van der Waals surface area contributed by atoms with E-state index in [1.165, 1.54) is 17.2 Å². The van der Waals surface area contributed by atoms with Gasteiger partial charge in [0.1, 0.15) is 11.7 Å². The van der Waals surface area contributed by atoms with Gasteiger partial charge in [0.25, 0.3) is 0 Å². The van der Waals surface area contributed by atoms with Crippen molar-refractivity contribution >= 4 is 0 Å². The molecule has 4 rings (SSSR count). The fourth-order valence-electron chi connectivity index (χ4n) is 5.54. The molecule has 0 bridgehead atoms. The molecular weight excluding hydrogens is 488 g/mol. The predicted molar refractivity (Wildman–Crippen MR) is 144 cm³/mol. The van der Waals surface area contributed by atoms with Crippen molar-refractivity contribution in [1.29, 1.82) is 0 Å². The maximum atomic E-state index is 14.4. The molecule has 1 saturated heterocycles. The summed E-state index contributed by atoms with van der Waals surface area (Å²) in [5, 5.41) is 22.9. The highest BCUT2D eigenvalue weighted by molar-refractivity contribution is 5.69. The Morgan fingerprint density at radius 2 is 1.89 bits per heavy atom. The second kappa shape index (κ2) is 12.9. The first-order valence-corrected chi connectivity index (χ1v) is 13.2. The molecule has 7 heteroatoms. The lowest BCUT2D eigenvalue weighted by atomic mass is 9.71. The number of aliphatic hydroxyl groups is 2. The third-order valence-electron chi connectivity index (χ3n) is 7.50. The first-order valence-electron chi connectivity index (χ1n) is 13.2. The molecule has 0 amide bonds. The predicted octanol–water partition coefficient (Wildman–Crippen LogP) is 4.86. The van der Waals surface area contributed by atoms with Gasteiger partial charge in [-0.1, -0.05) is 48.5 Å². The molecule has 1 unspecified atom stereocenters.